The number of halogens is 2. The van der Waals surface area contributed by atoms with Crippen molar-refractivity contribution in [2.45, 2.75) is 5.88 Å². The molecule has 0 aromatic carbocycles. The summed E-state index contributed by atoms with van der Waals surface area (Å²) >= 11 is 13.4. The van der Waals surface area contributed by atoms with Gasteiger partial charge in [-0.1, -0.05) is 11.6 Å². The second kappa shape index (κ2) is 4.29. The molecule has 0 spiro atoms. The van der Waals surface area contributed by atoms with Crippen LogP contribution in [0.15, 0.2) is 28.2 Å². The average Bonchev–Trinajstić information content (AvgIpc) is 2.96. The summed E-state index contributed by atoms with van der Waals surface area (Å²) in [6, 6.07) is 3.72. The van der Waals surface area contributed by atoms with Crippen LogP contribution >= 0.6 is 34.5 Å². The number of nitrogens with zero attached hydrogens (tertiary/aromatic N) is 2. The first-order valence-corrected chi connectivity index (χ1v) is 6.62. The van der Waals surface area contributed by atoms with Crippen LogP contribution in [-0.2, 0) is 5.88 Å². The molecule has 3 rings (SSSR count). The minimum atomic E-state index is 0.254. The Morgan fingerprint density at radius 2 is 2.24 bits per heavy atom. The van der Waals surface area contributed by atoms with Crippen LogP contribution < -0.4 is 0 Å². The summed E-state index contributed by atoms with van der Waals surface area (Å²) in [5.41, 5.74) is 0.918. The zero-order valence-electron chi connectivity index (χ0n) is 8.48. The monoisotopic (exact) mass is 284 g/mol. The third-order valence-electron chi connectivity index (χ3n) is 2.34. The standard InChI is InChI=1S/C11H6Cl2N2OS/c12-4-8-14-10(13)9-6(5-17-11(9)15-8)7-2-1-3-16-7/h1-3,5H,4H2. The highest BCUT2D eigenvalue weighted by atomic mass is 35.5. The lowest BCUT2D eigenvalue weighted by molar-refractivity contribution is 0.583. The second-order valence-corrected chi connectivity index (χ2v) is 4.85. The summed E-state index contributed by atoms with van der Waals surface area (Å²) in [6.07, 6.45) is 1.63. The van der Waals surface area contributed by atoms with Gasteiger partial charge in [-0.2, -0.15) is 0 Å². The maximum atomic E-state index is 6.16. The van der Waals surface area contributed by atoms with Crippen LogP contribution in [0.25, 0.3) is 21.5 Å². The molecule has 0 aliphatic carbocycles. The van der Waals surface area contributed by atoms with Gasteiger partial charge < -0.3 is 4.42 Å². The molecule has 3 aromatic rings. The van der Waals surface area contributed by atoms with Crippen molar-refractivity contribution in [3.63, 3.8) is 0 Å². The smallest absolute Gasteiger partial charge is 0.146 e. The number of fused-ring (bicyclic) bond motifs is 1. The molecular formula is C11H6Cl2N2OS. The van der Waals surface area contributed by atoms with Crippen molar-refractivity contribution in [3.8, 4) is 11.3 Å². The average molecular weight is 285 g/mol. The molecule has 17 heavy (non-hydrogen) atoms. The van der Waals surface area contributed by atoms with Gasteiger partial charge in [-0.25, -0.2) is 9.97 Å². The molecule has 0 unspecified atom stereocenters. The Kier molecular flexibility index (Phi) is 2.78. The Bertz CT molecular complexity index is 663. The number of alkyl halides is 1. The van der Waals surface area contributed by atoms with Gasteiger partial charge in [0.1, 0.15) is 21.6 Å². The minimum Gasteiger partial charge on any atom is -0.464 e. The zero-order valence-corrected chi connectivity index (χ0v) is 10.8. The van der Waals surface area contributed by atoms with Gasteiger partial charge >= 0.3 is 0 Å². The van der Waals surface area contributed by atoms with E-state index in [-0.39, 0.29) is 5.88 Å². The van der Waals surface area contributed by atoms with Crippen LogP contribution in [0.1, 0.15) is 5.82 Å². The summed E-state index contributed by atoms with van der Waals surface area (Å²) in [6.45, 7) is 0. The molecule has 3 aromatic heterocycles. The van der Waals surface area contributed by atoms with E-state index in [1.165, 1.54) is 11.3 Å². The molecule has 0 N–H and O–H groups in total. The first kappa shape index (κ1) is 11.0. The molecule has 0 aliphatic heterocycles. The highest BCUT2D eigenvalue weighted by Gasteiger charge is 2.15. The molecule has 3 heterocycles. The van der Waals surface area contributed by atoms with Crippen LogP contribution in [-0.4, -0.2) is 9.97 Å². The van der Waals surface area contributed by atoms with E-state index < -0.39 is 0 Å². The van der Waals surface area contributed by atoms with Crippen molar-refractivity contribution < 1.29 is 4.42 Å². The van der Waals surface area contributed by atoms with Crippen LogP contribution in [0.3, 0.4) is 0 Å². The summed E-state index contributed by atoms with van der Waals surface area (Å²) in [5, 5.41) is 3.20. The topological polar surface area (TPSA) is 38.9 Å². The van der Waals surface area contributed by atoms with Crippen molar-refractivity contribution in [3.05, 3.63) is 34.8 Å². The largest absolute Gasteiger partial charge is 0.464 e. The van der Waals surface area contributed by atoms with Crippen molar-refractivity contribution in [2.75, 3.05) is 0 Å². The molecule has 0 aliphatic rings. The molecule has 0 radical (unpaired) electrons. The first-order valence-electron chi connectivity index (χ1n) is 4.83. The highest BCUT2D eigenvalue weighted by molar-refractivity contribution is 7.17. The number of hydrogen-bond acceptors (Lipinski definition) is 4. The van der Waals surface area contributed by atoms with Crippen molar-refractivity contribution in [1.29, 1.82) is 0 Å². The van der Waals surface area contributed by atoms with E-state index in [0.717, 1.165) is 21.5 Å². The zero-order chi connectivity index (χ0) is 11.8. The normalized spacial score (nSPS) is 11.2. The summed E-state index contributed by atoms with van der Waals surface area (Å²) < 4.78 is 5.36. The van der Waals surface area contributed by atoms with Gasteiger partial charge in [-0.05, 0) is 12.1 Å². The van der Waals surface area contributed by atoms with Gasteiger partial charge in [0, 0.05) is 10.9 Å². The predicted octanol–water partition coefficient (Wildman–Crippen LogP) is 4.34. The summed E-state index contributed by atoms with van der Waals surface area (Å²) in [4.78, 5) is 9.31. The van der Waals surface area contributed by atoms with Gasteiger partial charge in [0.05, 0.1) is 17.5 Å². The molecule has 0 atom stereocenters. The highest BCUT2D eigenvalue weighted by Crippen LogP contribution is 2.36. The Balaban J connectivity index is 2.29. The van der Waals surface area contributed by atoms with Gasteiger partial charge in [0.2, 0.25) is 0 Å². The van der Waals surface area contributed by atoms with E-state index in [1.807, 2.05) is 17.5 Å². The lowest BCUT2D eigenvalue weighted by atomic mass is 10.2. The van der Waals surface area contributed by atoms with E-state index in [0.29, 0.717) is 11.0 Å². The van der Waals surface area contributed by atoms with Gasteiger partial charge in [0.15, 0.2) is 0 Å². The Labute approximate surface area is 111 Å². The van der Waals surface area contributed by atoms with E-state index in [9.17, 15) is 0 Å². The number of rotatable bonds is 2. The van der Waals surface area contributed by atoms with Crippen LogP contribution in [0, 0.1) is 0 Å². The van der Waals surface area contributed by atoms with E-state index in [1.54, 1.807) is 6.26 Å². The van der Waals surface area contributed by atoms with Gasteiger partial charge in [-0.15, -0.1) is 22.9 Å². The van der Waals surface area contributed by atoms with Crippen LogP contribution in [0.5, 0.6) is 0 Å². The van der Waals surface area contributed by atoms with Gasteiger partial charge in [0.25, 0.3) is 0 Å². The Hall–Kier alpha value is -1.10. The van der Waals surface area contributed by atoms with Crippen molar-refractivity contribution in [1.82, 2.24) is 9.97 Å². The fraction of sp³-hybridized carbons (Fsp3) is 0.0909. The number of hydrogen-bond donors (Lipinski definition) is 0. The third-order valence-corrected chi connectivity index (χ3v) is 3.73. The van der Waals surface area contributed by atoms with E-state index in [2.05, 4.69) is 9.97 Å². The Morgan fingerprint density at radius 3 is 2.94 bits per heavy atom. The molecule has 0 saturated carbocycles. The van der Waals surface area contributed by atoms with Crippen LogP contribution in [0.4, 0.5) is 0 Å². The lowest BCUT2D eigenvalue weighted by Gasteiger charge is -1.99. The molecule has 86 valence electrons. The molecule has 3 nitrogen and oxygen atoms in total. The minimum absolute atomic E-state index is 0.254. The third kappa shape index (κ3) is 1.82. The van der Waals surface area contributed by atoms with Crippen LogP contribution in [0.2, 0.25) is 5.15 Å². The van der Waals surface area contributed by atoms with Crippen molar-refractivity contribution >= 4 is 44.8 Å². The molecule has 0 fully saturated rings. The van der Waals surface area contributed by atoms with Crippen molar-refractivity contribution in [2.24, 2.45) is 0 Å². The van der Waals surface area contributed by atoms with E-state index >= 15 is 0 Å². The molecule has 0 bridgehead atoms. The SMILES string of the molecule is ClCc1nc(Cl)c2c(-c3ccco3)csc2n1. The Morgan fingerprint density at radius 1 is 1.35 bits per heavy atom. The molecule has 6 heteroatoms. The quantitative estimate of drug-likeness (QED) is 0.519. The number of aromatic nitrogens is 2. The fourth-order valence-electron chi connectivity index (χ4n) is 1.61. The van der Waals surface area contributed by atoms with Gasteiger partial charge in [-0.3, -0.25) is 0 Å². The number of thiophene rings is 1. The first-order chi connectivity index (χ1) is 8.29. The maximum absolute atomic E-state index is 6.16. The fourth-order valence-corrected chi connectivity index (χ4v) is 3.02. The molecule has 0 amide bonds. The van der Waals surface area contributed by atoms with E-state index in [4.69, 9.17) is 27.6 Å². The summed E-state index contributed by atoms with van der Waals surface area (Å²) in [5.74, 6) is 1.56. The maximum Gasteiger partial charge on any atom is 0.146 e. The summed E-state index contributed by atoms with van der Waals surface area (Å²) in [7, 11) is 0. The molecular weight excluding hydrogens is 279 g/mol. The lowest BCUT2D eigenvalue weighted by Crippen LogP contribution is -1.91. The predicted molar refractivity (Wildman–Crippen MR) is 69.7 cm³/mol. The molecule has 0 saturated heterocycles. The number of furan rings is 1. The second-order valence-electron chi connectivity index (χ2n) is 3.37.